The van der Waals surface area contributed by atoms with E-state index in [1.54, 1.807) is 43.3 Å². The van der Waals surface area contributed by atoms with Gasteiger partial charge in [-0.2, -0.15) is 0 Å². The second-order valence-corrected chi connectivity index (χ2v) is 8.56. The Morgan fingerprint density at radius 2 is 1.82 bits per heavy atom. The van der Waals surface area contributed by atoms with E-state index in [1.807, 2.05) is 0 Å². The lowest BCUT2D eigenvalue weighted by Gasteiger charge is -2.27. The summed E-state index contributed by atoms with van der Waals surface area (Å²) in [4.78, 5) is 24.2. The van der Waals surface area contributed by atoms with Gasteiger partial charge in [-0.1, -0.05) is 31.9 Å². The molecular weight excluding hydrogens is 423 g/mol. The molecule has 3 atom stereocenters. The molecule has 1 aliphatic rings. The molecule has 3 unspecified atom stereocenters. The van der Waals surface area contributed by atoms with Crippen molar-refractivity contribution in [3.8, 4) is 5.75 Å². The molecule has 3 rings (SSSR count). The number of ether oxygens (including phenoxy) is 2. The minimum atomic E-state index is -0.394. The predicted octanol–water partition coefficient (Wildman–Crippen LogP) is 5.39. The van der Waals surface area contributed by atoms with Crippen molar-refractivity contribution in [1.29, 1.82) is 0 Å². The summed E-state index contributed by atoms with van der Waals surface area (Å²) in [6.07, 6.45) is 4.49. The highest BCUT2D eigenvalue weighted by atomic mass is 19.1. The maximum atomic E-state index is 13.4. The van der Waals surface area contributed by atoms with Crippen LogP contribution in [0.3, 0.4) is 0 Å². The standard InChI is InChI=1S/C26H33FN2O4/c1-3-32-25(30)20-9-13-23(14-10-20)33-24(19-7-11-21(27)12-8-19)15-16-28-26(31)29-22-6-4-5-18(2)17-22/h7-14,18,22,24H,3-6,15-17H2,1-2H3,(H2,28,29,31). The van der Waals surface area contributed by atoms with E-state index >= 15 is 0 Å². The smallest absolute Gasteiger partial charge is 0.338 e. The summed E-state index contributed by atoms with van der Waals surface area (Å²) in [6.45, 7) is 4.68. The van der Waals surface area contributed by atoms with E-state index in [2.05, 4.69) is 17.6 Å². The highest BCUT2D eigenvalue weighted by Crippen LogP contribution is 2.26. The van der Waals surface area contributed by atoms with Crippen molar-refractivity contribution in [3.63, 3.8) is 0 Å². The van der Waals surface area contributed by atoms with E-state index in [1.165, 1.54) is 18.6 Å². The van der Waals surface area contributed by atoms with Crippen LogP contribution >= 0.6 is 0 Å². The molecule has 178 valence electrons. The van der Waals surface area contributed by atoms with Gasteiger partial charge >= 0.3 is 12.0 Å². The molecule has 1 aliphatic carbocycles. The van der Waals surface area contributed by atoms with Gasteiger partial charge in [0.25, 0.3) is 0 Å². The van der Waals surface area contributed by atoms with Crippen LogP contribution in [0.2, 0.25) is 0 Å². The largest absolute Gasteiger partial charge is 0.486 e. The molecule has 0 saturated heterocycles. The molecule has 0 spiro atoms. The van der Waals surface area contributed by atoms with Gasteiger partial charge in [0.1, 0.15) is 17.7 Å². The number of esters is 1. The van der Waals surface area contributed by atoms with Crippen molar-refractivity contribution in [3.05, 3.63) is 65.5 Å². The number of amides is 2. The van der Waals surface area contributed by atoms with Crippen LogP contribution < -0.4 is 15.4 Å². The average Bonchev–Trinajstić information content (AvgIpc) is 2.79. The molecule has 2 N–H and O–H groups in total. The average molecular weight is 457 g/mol. The molecule has 33 heavy (non-hydrogen) atoms. The van der Waals surface area contributed by atoms with Crippen LogP contribution in [0.5, 0.6) is 5.75 Å². The van der Waals surface area contributed by atoms with E-state index < -0.39 is 6.10 Å². The van der Waals surface area contributed by atoms with Crippen LogP contribution in [0, 0.1) is 11.7 Å². The molecule has 1 fully saturated rings. The van der Waals surface area contributed by atoms with Crippen molar-refractivity contribution in [2.24, 2.45) is 5.92 Å². The van der Waals surface area contributed by atoms with Gasteiger partial charge in [-0.25, -0.2) is 14.0 Å². The molecule has 0 aliphatic heterocycles. The number of urea groups is 1. The van der Waals surface area contributed by atoms with Crippen molar-refractivity contribution in [2.45, 2.75) is 58.1 Å². The third-order valence-corrected chi connectivity index (χ3v) is 5.85. The maximum absolute atomic E-state index is 13.4. The van der Waals surface area contributed by atoms with Gasteiger partial charge in [-0.05, 0) is 67.6 Å². The molecule has 1 saturated carbocycles. The number of hydrogen-bond donors (Lipinski definition) is 2. The Bertz CT molecular complexity index is 902. The van der Waals surface area contributed by atoms with Gasteiger partial charge in [0.2, 0.25) is 0 Å². The molecule has 0 radical (unpaired) electrons. The van der Waals surface area contributed by atoms with Crippen LogP contribution in [0.15, 0.2) is 48.5 Å². The summed E-state index contributed by atoms with van der Waals surface area (Å²) < 4.78 is 24.6. The van der Waals surface area contributed by atoms with Gasteiger partial charge in [0.05, 0.1) is 12.2 Å². The number of benzene rings is 2. The third-order valence-electron chi connectivity index (χ3n) is 5.85. The Morgan fingerprint density at radius 1 is 1.09 bits per heavy atom. The molecular formula is C26H33FN2O4. The Balaban J connectivity index is 1.58. The van der Waals surface area contributed by atoms with Crippen LogP contribution in [0.1, 0.15) is 68.0 Å². The summed E-state index contributed by atoms with van der Waals surface area (Å²) in [5.41, 5.74) is 1.24. The molecule has 0 aromatic heterocycles. The molecule has 7 heteroatoms. The quantitative estimate of drug-likeness (QED) is 0.496. The number of carbonyl (C=O) groups is 2. The van der Waals surface area contributed by atoms with E-state index in [0.29, 0.717) is 36.8 Å². The zero-order valence-corrected chi connectivity index (χ0v) is 19.3. The third kappa shape index (κ3) is 7.77. The highest BCUT2D eigenvalue weighted by Gasteiger charge is 2.21. The summed E-state index contributed by atoms with van der Waals surface area (Å²) in [5.74, 6) is 0.491. The van der Waals surface area contributed by atoms with Crippen LogP contribution in [-0.2, 0) is 4.74 Å². The Morgan fingerprint density at radius 3 is 2.48 bits per heavy atom. The normalized spacial score (nSPS) is 18.8. The van der Waals surface area contributed by atoms with Gasteiger partial charge in [-0.3, -0.25) is 0 Å². The molecule has 6 nitrogen and oxygen atoms in total. The number of carbonyl (C=O) groups excluding carboxylic acids is 2. The maximum Gasteiger partial charge on any atom is 0.338 e. The van der Waals surface area contributed by atoms with Crippen LogP contribution in [0.4, 0.5) is 9.18 Å². The molecule has 2 aromatic rings. The topological polar surface area (TPSA) is 76.7 Å². The molecule has 2 aromatic carbocycles. The minimum absolute atomic E-state index is 0.175. The van der Waals surface area contributed by atoms with Gasteiger partial charge < -0.3 is 20.1 Å². The summed E-state index contributed by atoms with van der Waals surface area (Å²) in [5, 5.41) is 5.98. The van der Waals surface area contributed by atoms with E-state index in [0.717, 1.165) is 24.8 Å². The minimum Gasteiger partial charge on any atom is -0.486 e. The van der Waals surface area contributed by atoms with Crippen molar-refractivity contribution >= 4 is 12.0 Å². The van der Waals surface area contributed by atoms with Crippen LogP contribution in [-0.4, -0.2) is 31.2 Å². The fourth-order valence-electron chi connectivity index (χ4n) is 4.14. The second-order valence-electron chi connectivity index (χ2n) is 8.56. The SMILES string of the molecule is CCOC(=O)c1ccc(OC(CCNC(=O)NC2CCCC(C)C2)c2ccc(F)cc2)cc1. The zero-order chi connectivity index (χ0) is 23.6. The van der Waals surface area contributed by atoms with Gasteiger partial charge in [0.15, 0.2) is 0 Å². The fraction of sp³-hybridized carbons (Fsp3) is 0.462. The van der Waals surface area contributed by atoms with Gasteiger partial charge in [0, 0.05) is 19.0 Å². The molecule has 2 amide bonds. The van der Waals surface area contributed by atoms with E-state index in [4.69, 9.17) is 9.47 Å². The lowest BCUT2D eigenvalue weighted by molar-refractivity contribution is 0.0526. The fourth-order valence-corrected chi connectivity index (χ4v) is 4.14. The Labute approximate surface area is 194 Å². The number of nitrogens with one attached hydrogen (secondary N) is 2. The first-order valence-electron chi connectivity index (χ1n) is 11.7. The van der Waals surface area contributed by atoms with E-state index in [9.17, 15) is 14.0 Å². The predicted molar refractivity (Wildman–Crippen MR) is 125 cm³/mol. The number of halogens is 1. The highest BCUT2D eigenvalue weighted by molar-refractivity contribution is 5.89. The number of rotatable bonds is 9. The van der Waals surface area contributed by atoms with E-state index in [-0.39, 0.29) is 23.9 Å². The lowest BCUT2D eigenvalue weighted by atomic mass is 9.87. The van der Waals surface area contributed by atoms with Crippen LogP contribution in [0.25, 0.3) is 0 Å². The zero-order valence-electron chi connectivity index (χ0n) is 19.3. The summed E-state index contributed by atoms with van der Waals surface area (Å²) in [6, 6.07) is 12.9. The van der Waals surface area contributed by atoms with Gasteiger partial charge in [-0.15, -0.1) is 0 Å². The first kappa shape index (κ1) is 24.6. The van der Waals surface area contributed by atoms with Crippen molar-refractivity contribution in [2.75, 3.05) is 13.2 Å². The first-order chi connectivity index (χ1) is 15.9. The summed E-state index contributed by atoms with van der Waals surface area (Å²) in [7, 11) is 0. The molecule has 0 heterocycles. The summed E-state index contributed by atoms with van der Waals surface area (Å²) >= 11 is 0. The van der Waals surface area contributed by atoms with Crippen molar-refractivity contribution in [1.82, 2.24) is 10.6 Å². The monoisotopic (exact) mass is 456 g/mol. The lowest BCUT2D eigenvalue weighted by Crippen LogP contribution is -2.44. The Hall–Kier alpha value is -3.09. The molecule has 0 bridgehead atoms. The Kier molecular flexibility index (Phi) is 9.10. The number of hydrogen-bond acceptors (Lipinski definition) is 4. The van der Waals surface area contributed by atoms with Crippen molar-refractivity contribution < 1.29 is 23.5 Å². The first-order valence-corrected chi connectivity index (χ1v) is 11.7. The second kappa shape index (κ2) is 12.2.